The van der Waals surface area contributed by atoms with E-state index in [0.29, 0.717) is 0 Å². The first kappa shape index (κ1) is 10.4. The highest BCUT2D eigenvalue weighted by Crippen LogP contribution is 2.26. The minimum atomic E-state index is -4.20. The molecule has 0 aromatic heterocycles. The minimum absolute atomic E-state index is 0.133. The standard InChI is InChI=1S/C9H8ClF3/c1-6-2-3-8(10)7(4-6)5-9(11,12)13/h2-4H,5H2,1H3. The Balaban J connectivity index is 2.94. The summed E-state index contributed by atoms with van der Waals surface area (Å²) in [6.45, 7) is 1.73. The van der Waals surface area contributed by atoms with E-state index in [1.165, 1.54) is 12.1 Å². The van der Waals surface area contributed by atoms with Gasteiger partial charge in [0, 0.05) is 5.02 Å². The lowest BCUT2D eigenvalue weighted by Gasteiger charge is -2.08. The van der Waals surface area contributed by atoms with Crippen LogP contribution in [0.15, 0.2) is 18.2 Å². The first-order valence-electron chi connectivity index (χ1n) is 3.70. The largest absolute Gasteiger partial charge is 0.393 e. The number of halogens is 4. The molecule has 1 aromatic carbocycles. The number of hydrogen-bond acceptors (Lipinski definition) is 0. The van der Waals surface area contributed by atoms with Crippen molar-refractivity contribution in [3.8, 4) is 0 Å². The Labute approximate surface area is 79.3 Å². The van der Waals surface area contributed by atoms with Crippen LogP contribution in [0.5, 0.6) is 0 Å². The van der Waals surface area contributed by atoms with Gasteiger partial charge in [-0.05, 0) is 18.6 Å². The third-order valence-electron chi connectivity index (χ3n) is 1.59. The van der Waals surface area contributed by atoms with Crippen LogP contribution in [0.3, 0.4) is 0 Å². The van der Waals surface area contributed by atoms with Gasteiger partial charge in [0.2, 0.25) is 0 Å². The average Bonchev–Trinajstić information content (AvgIpc) is 1.94. The van der Waals surface area contributed by atoms with Gasteiger partial charge in [-0.15, -0.1) is 0 Å². The smallest absolute Gasteiger partial charge is 0.171 e. The lowest BCUT2D eigenvalue weighted by Crippen LogP contribution is -2.11. The number of hydrogen-bond donors (Lipinski definition) is 0. The predicted molar refractivity (Wildman–Crippen MR) is 45.9 cm³/mol. The van der Waals surface area contributed by atoms with Crippen molar-refractivity contribution in [2.75, 3.05) is 0 Å². The molecule has 0 heterocycles. The summed E-state index contributed by atoms with van der Waals surface area (Å²) in [6, 6.07) is 4.62. The van der Waals surface area contributed by atoms with Crippen LogP contribution in [-0.2, 0) is 6.42 Å². The SMILES string of the molecule is Cc1ccc(Cl)c(CC(F)(F)F)c1. The summed E-state index contributed by atoms with van der Waals surface area (Å²) in [5.41, 5.74) is 0.915. The maximum Gasteiger partial charge on any atom is 0.393 e. The number of rotatable bonds is 1. The molecular weight excluding hydrogens is 201 g/mol. The van der Waals surface area contributed by atoms with Crippen LogP contribution in [0.1, 0.15) is 11.1 Å². The van der Waals surface area contributed by atoms with E-state index in [4.69, 9.17) is 11.6 Å². The molecule has 1 rings (SSSR count). The van der Waals surface area contributed by atoms with Gasteiger partial charge in [-0.25, -0.2) is 0 Å². The topological polar surface area (TPSA) is 0 Å². The lowest BCUT2D eigenvalue weighted by atomic mass is 10.1. The quantitative estimate of drug-likeness (QED) is 0.659. The summed E-state index contributed by atoms with van der Waals surface area (Å²) in [5.74, 6) is 0. The zero-order chi connectivity index (χ0) is 10.1. The Hall–Kier alpha value is -0.700. The molecule has 0 bridgehead atoms. The van der Waals surface area contributed by atoms with Crippen molar-refractivity contribution in [2.24, 2.45) is 0 Å². The van der Waals surface area contributed by atoms with Gasteiger partial charge in [-0.3, -0.25) is 0 Å². The van der Waals surface area contributed by atoms with E-state index >= 15 is 0 Å². The molecule has 0 aliphatic carbocycles. The Morgan fingerprint density at radius 1 is 1.31 bits per heavy atom. The highest BCUT2D eigenvalue weighted by atomic mass is 35.5. The summed E-state index contributed by atoms with van der Waals surface area (Å²) >= 11 is 5.60. The molecule has 0 atom stereocenters. The monoisotopic (exact) mass is 208 g/mol. The molecule has 13 heavy (non-hydrogen) atoms. The lowest BCUT2D eigenvalue weighted by molar-refractivity contribution is -0.127. The Morgan fingerprint density at radius 2 is 1.92 bits per heavy atom. The molecule has 0 aliphatic heterocycles. The summed E-state index contributed by atoms with van der Waals surface area (Å²) in [5, 5.41) is 0.169. The molecule has 0 aliphatic rings. The van der Waals surface area contributed by atoms with Gasteiger partial charge in [0.05, 0.1) is 6.42 Å². The molecular formula is C9H8ClF3. The molecule has 0 amide bonds. The first-order chi connectivity index (χ1) is 5.88. The molecule has 0 nitrogen and oxygen atoms in total. The first-order valence-corrected chi connectivity index (χ1v) is 4.08. The van der Waals surface area contributed by atoms with E-state index in [2.05, 4.69) is 0 Å². The van der Waals surface area contributed by atoms with Gasteiger partial charge in [-0.2, -0.15) is 13.2 Å². The maximum absolute atomic E-state index is 12.0. The fourth-order valence-electron chi connectivity index (χ4n) is 1.05. The number of alkyl halides is 3. The van der Waals surface area contributed by atoms with Gasteiger partial charge in [0.25, 0.3) is 0 Å². The highest BCUT2D eigenvalue weighted by Gasteiger charge is 2.28. The summed E-state index contributed by atoms with van der Waals surface area (Å²) in [7, 11) is 0. The van der Waals surface area contributed by atoms with E-state index in [-0.39, 0.29) is 10.6 Å². The average molecular weight is 209 g/mol. The third-order valence-corrected chi connectivity index (χ3v) is 1.96. The fourth-order valence-corrected chi connectivity index (χ4v) is 1.24. The van der Waals surface area contributed by atoms with E-state index in [9.17, 15) is 13.2 Å². The van der Waals surface area contributed by atoms with Crippen LogP contribution in [0.2, 0.25) is 5.02 Å². The Bertz CT molecular complexity index is 304. The summed E-state index contributed by atoms with van der Waals surface area (Å²) in [4.78, 5) is 0. The van der Waals surface area contributed by atoms with Crippen molar-refractivity contribution in [3.63, 3.8) is 0 Å². The molecule has 0 N–H and O–H groups in total. The number of aryl methyl sites for hydroxylation is 1. The minimum Gasteiger partial charge on any atom is -0.171 e. The van der Waals surface area contributed by atoms with Crippen LogP contribution < -0.4 is 0 Å². The molecule has 0 radical (unpaired) electrons. The highest BCUT2D eigenvalue weighted by molar-refractivity contribution is 6.31. The predicted octanol–water partition coefficient (Wildman–Crippen LogP) is 3.75. The van der Waals surface area contributed by atoms with Crippen molar-refractivity contribution < 1.29 is 13.2 Å². The van der Waals surface area contributed by atoms with Crippen LogP contribution in [-0.4, -0.2) is 6.18 Å². The van der Waals surface area contributed by atoms with E-state index in [1.807, 2.05) is 0 Å². The second-order valence-electron chi connectivity index (χ2n) is 2.89. The van der Waals surface area contributed by atoms with Crippen LogP contribution in [0.4, 0.5) is 13.2 Å². The molecule has 0 spiro atoms. The fraction of sp³-hybridized carbons (Fsp3) is 0.333. The molecule has 0 unspecified atom stereocenters. The molecule has 0 fully saturated rings. The van der Waals surface area contributed by atoms with Crippen LogP contribution in [0, 0.1) is 6.92 Å². The van der Waals surface area contributed by atoms with Crippen molar-refractivity contribution in [1.29, 1.82) is 0 Å². The second kappa shape index (κ2) is 3.58. The van der Waals surface area contributed by atoms with Crippen molar-refractivity contribution in [1.82, 2.24) is 0 Å². The Morgan fingerprint density at radius 3 is 2.46 bits per heavy atom. The molecule has 4 heteroatoms. The van der Waals surface area contributed by atoms with Gasteiger partial charge in [-0.1, -0.05) is 29.3 Å². The van der Waals surface area contributed by atoms with Crippen molar-refractivity contribution in [3.05, 3.63) is 34.3 Å². The molecule has 0 saturated carbocycles. The van der Waals surface area contributed by atoms with E-state index in [0.717, 1.165) is 5.56 Å². The zero-order valence-electron chi connectivity index (χ0n) is 6.95. The third kappa shape index (κ3) is 3.27. The maximum atomic E-state index is 12.0. The molecule has 1 aromatic rings. The molecule has 72 valence electrons. The van der Waals surface area contributed by atoms with Gasteiger partial charge < -0.3 is 0 Å². The van der Waals surface area contributed by atoms with Gasteiger partial charge in [0.1, 0.15) is 0 Å². The van der Waals surface area contributed by atoms with E-state index < -0.39 is 12.6 Å². The van der Waals surface area contributed by atoms with Gasteiger partial charge >= 0.3 is 6.18 Å². The Kier molecular flexibility index (Phi) is 2.86. The van der Waals surface area contributed by atoms with E-state index in [1.54, 1.807) is 13.0 Å². The van der Waals surface area contributed by atoms with Crippen LogP contribution in [0.25, 0.3) is 0 Å². The van der Waals surface area contributed by atoms with Crippen molar-refractivity contribution in [2.45, 2.75) is 19.5 Å². The summed E-state index contributed by atoms with van der Waals surface area (Å²) in [6.07, 6.45) is -5.16. The number of benzene rings is 1. The van der Waals surface area contributed by atoms with Gasteiger partial charge in [0.15, 0.2) is 0 Å². The van der Waals surface area contributed by atoms with Crippen LogP contribution >= 0.6 is 11.6 Å². The van der Waals surface area contributed by atoms with Crippen molar-refractivity contribution >= 4 is 11.6 Å². The zero-order valence-corrected chi connectivity index (χ0v) is 7.71. The summed E-state index contributed by atoms with van der Waals surface area (Å²) < 4.78 is 36.0. The molecule has 0 saturated heterocycles. The second-order valence-corrected chi connectivity index (χ2v) is 3.29. The normalized spacial score (nSPS) is 11.8.